The van der Waals surface area contributed by atoms with Gasteiger partial charge in [-0.3, -0.25) is 4.68 Å². The van der Waals surface area contributed by atoms with Crippen molar-refractivity contribution in [3.8, 4) is 11.6 Å². The number of aromatic nitrogens is 2. The van der Waals surface area contributed by atoms with Crippen molar-refractivity contribution in [2.75, 3.05) is 6.61 Å². The first-order chi connectivity index (χ1) is 15.8. The van der Waals surface area contributed by atoms with Crippen LogP contribution in [0.5, 0.6) is 11.6 Å². The number of ether oxygens (including phenoxy) is 2. The molecule has 3 aromatic rings. The first-order valence-corrected chi connectivity index (χ1v) is 11.0. The number of phenols is 1. The van der Waals surface area contributed by atoms with Crippen molar-refractivity contribution in [2.24, 2.45) is 0 Å². The Balaban J connectivity index is 1.67. The van der Waals surface area contributed by atoms with Crippen molar-refractivity contribution in [3.63, 3.8) is 0 Å². The summed E-state index contributed by atoms with van der Waals surface area (Å²) in [6.45, 7) is 3.45. The van der Waals surface area contributed by atoms with E-state index in [-0.39, 0.29) is 17.7 Å². The first kappa shape index (κ1) is 23.5. The average molecular weight is 459 g/mol. The van der Waals surface area contributed by atoms with Crippen molar-refractivity contribution in [1.82, 2.24) is 9.78 Å². The van der Waals surface area contributed by atoms with Crippen molar-refractivity contribution in [2.45, 2.75) is 63.4 Å². The van der Waals surface area contributed by atoms with Crippen LogP contribution in [0.15, 0.2) is 42.5 Å². The first-order valence-electron chi connectivity index (χ1n) is 11.0. The highest BCUT2D eigenvalue weighted by Gasteiger charge is 2.45. The second-order valence-electron chi connectivity index (χ2n) is 8.64. The van der Waals surface area contributed by atoms with Crippen molar-refractivity contribution >= 4 is 10.9 Å². The van der Waals surface area contributed by atoms with Gasteiger partial charge in [0, 0.05) is 6.04 Å². The molecule has 1 aliphatic rings. The predicted molar refractivity (Wildman–Crippen MR) is 120 cm³/mol. The van der Waals surface area contributed by atoms with Gasteiger partial charge in [0.15, 0.2) is 0 Å². The van der Waals surface area contributed by atoms with E-state index >= 15 is 0 Å². The number of rotatable bonds is 7. The van der Waals surface area contributed by atoms with Crippen LogP contribution in [0.4, 0.5) is 0 Å². The van der Waals surface area contributed by atoms with Crippen LogP contribution in [0.25, 0.3) is 10.9 Å². The highest BCUT2D eigenvalue weighted by molar-refractivity contribution is 5.88. The maximum atomic E-state index is 10.4. The monoisotopic (exact) mass is 458 g/mol. The van der Waals surface area contributed by atoms with Gasteiger partial charge in [-0.15, -0.1) is 5.10 Å². The minimum atomic E-state index is -1.53. The fraction of sp³-hybridized carbons (Fsp3) is 0.458. The van der Waals surface area contributed by atoms with E-state index in [0.29, 0.717) is 6.42 Å². The van der Waals surface area contributed by atoms with Crippen LogP contribution < -0.4 is 4.74 Å². The number of benzene rings is 2. The standard InChI is InChI=1S/C24H30N2O7/c1-13(2)26-17-5-3-4-15(9-6-14-7-10-16(28)11-8-14)19(17)23(25-26)33-24-22(31)21(30)20(29)18(12-27)32-24/h3-5,7-8,10-11,13,18,20-22,24,27-31H,6,9,12H2,1-2H3/t18-,20-,21+,22-,24+/m1/s1. The number of aromatic hydroxyl groups is 1. The molecule has 0 radical (unpaired) electrons. The Morgan fingerprint density at radius 2 is 1.73 bits per heavy atom. The number of phenolic OH excluding ortho intramolecular Hbond substituents is 1. The second-order valence-corrected chi connectivity index (χ2v) is 8.64. The molecule has 2 aromatic carbocycles. The minimum Gasteiger partial charge on any atom is -0.508 e. The lowest BCUT2D eigenvalue weighted by Gasteiger charge is -2.39. The maximum Gasteiger partial charge on any atom is 0.243 e. The van der Waals surface area contributed by atoms with Crippen molar-refractivity contribution in [1.29, 1.82) is 0 Å². The fourth-order valence-electron chi connectivity index (χ4n) is 4.13. The molecule has 0 spiro atoms. The summed E-state index contributed by atoms with van der Waals surface area (Å²) in [5.41, 5.74) is 2.90. The number of hydrogen-bond donors (Lipinski definition) is 5. The zero-order chi connectivity index (χ0) is 23.7. The Hall–Kier alpha value is -2.69. The number of nitrogens with zero attached hydrogens (tertiary/aromatic N) is 2. The highest BCUT2D eigenvalue weighted by Crippen LogP contribution is 2.34. The fourth-order valence-corrected chi connectivity index (χ4v) is 4.13. The summed E-state index contributed by atoms with van der Waals surface area (Å²) in [5, 5.41) is 54.9. The summed E-state index contributed by atoms with van der Waals surface area (Å²) in [5.74, 6) is 0.457. The third kappa shape index (κ3) is 4.68. The molecule has 33 heavy (non-hydrogen) atoms. The van der Waals surface area contributed by atoms with Crippen molar-refractivity contribution < 1.29 is 35.0 Å². The van der Waals surface area contributed by atoms with Gasteiger partial charge < -0.3 is 35.0 Å². The zero-order valence-corrected chi connectivity index (χ0v) is 18.6. The molecule has 1 aliphatic heterocycles. The molecule has 0 aliphatic carbocycles. The summed E-state index contributed by atoms with van der Waals surface area (Å²) in [7, 11) is 0. The van der Waals surface area contributed by atoms with Crippen LogP contribution in [0.3, 0.4) is 0 Å². The predicted octanol–water partition coefficient (Wildman–Crippen LogP) is 1.29. The smallest absolute Gasteiger partial charge is 0.243 e. The van der Waals surface area contributed by atoms with Gasteiger partial charge in [-0.1, -0.05) is 24.3 Å². The van der Waals surface area contributed by atoms with E-state index < -0.39 is 37.3 Å². The van der Waals surface area contributed by atoms with Gasteiger partial charge >= 0.3 is 0 Å². The summed E-state index contributed by atoms with van der Waals surface area (Å²) < 4.78 is 13.3. The SMILES string of the molecule is CC(C)n1nc(O[C@@H]2O[C@H](CO)[C@@H](O)[C@H](O)[C@H]2O)c2c(CCc3ccc(O)cc3)cccc21. The zero-order valence-electron chi connectivity index (χ0n) is 18.6. The number of hydrogen-bond acceptors (Lipinski definition) is 8. The molecule has 1 saturated heterocycles. The van der Waals surface area contributed by atoms with E-state index in [1.165, 1.54) is 0 Å². The molecule has 0 saturated carbocycles. The number of aryl methyl sites for hydroxylation is 2. The van der Waals surface area contributed by atoms with Crippen LogP contribution in [-0.4, -0.2) is 72.6 Å². The van der Waals surface area contributed by atoms with E-state index in [2.05, 4.69) is 5.10 Å². The molecule has 9 nitrogen and oxygen atoms in total. The van der Waals surface area contributed by atoms with Crippen molar-refractivity contribution in [3.05, 3.63) is 53.6 Å². The van der Waals surface area contributed by atoms with Gasteiger partial charge in [-0.05, 0) is 56.0 Å². The normalized spacial score (nSPS) is 25.6. The molecule has 5 N–H and O–H groups in total. The minimum absolute atomic E-state index is 0.0343. The lowest BCUT2D eigenvalue weighted by molar-refractivity contribution is -0.278. The van der Waals surface area contributed by atoms with Gasteiger partial charge in [-0.25, -0.2) is 0 Å². The van der Waals surface area contributed by atoms with E-state index in [0.717, 1.165) is 28.5 Å². The summed E-state index contributed by atoms with van der Waals surface area (Å²) in [4.78, 5) is 0. The van der Waals surface area contributed by atoms with Crippen LogP contribution in [0, 0.1) is 0 Å². The molecule has 0 bridgehead atoms. The molecule has 9 heteroatoms. The van der Waals surface area contributed by atoms with Crippen LogP contribution >= 0.6 is 0 Å². The Morgan fingerprint density at radius 3 is 2.39 bits per heavy atom. The third-order valence-corrected chi connectivity index (χ3v) is 5.97. The Bertz CT molecular complexity index is 1080. The Labute approximate surface area is 191 Å². The van der Waals surface area contributed by atoms with E-state index in [9.17, 15) is 25.5 Å². The number of aliphatic hydroxyl groups excluding tert-OH is 4. The van der Waals surface area contributed by atoms with Crippen LogP contribution in [0.2, 0.25) is 0 Å². The highest BCUT2D eigenvalue weighted by atomic mass is 16.7. The molecule has 5 atom stereocenters. The largest absolute Gasteiger partial charge is 0.508 e. The van der Waals surface area contributed by atoms with Gasteiger partial charge in [0.2, 0.25) is 12.2 Å². The van der Waals surface area contributed by atoms with E-state index in [1.54, 1.807) is 12.1 Å². The molecular formula is C24H30N2O7. The average Bonchev–Trinajstić information content (AvgIpc) is 3.18. The number of aliphatic hydroxyl groups is 4. The molecule has 0 unspecified atom stereocenters. The van der Waals surface area contributed by atoms with Gasteiger partial charge in [0.1, 0.15) is 30.2 Å². The topological polar surface area (TPSA) is 137 Å². The van der Waals surface area contributed by atoms with Gasteiger partial charge in [0.05, 0.1) is 17.5 Å². The van der Waals surface area contributed by atoms with Crippen LogP contribution in [-0.2, 0) is 17.6 Å². The van der Waals surface area contributed by atoms with Gasteiger partial charge in [-0.2, -0.15) is 0 Å². The van der Waals surface area contributed by atoms with Crippen LogP contribution in [0.1, 0.15) is 31.0 Å². The van der Waals surface area contributed by atoms with E-state index in [4.69, 9.17) is 9.47 Å². The molecule has 0 amide bonds. The Morgan fingerprint density at radius 1 is 1.00 bits per heavy atom. The molecule has 1 aromatic heterocycles. The summed E-state index contributed by atoms with van der Waals surface area (Å²) in [6.07, 6.45) is -5.50. The lowest BCUT2D eigenvalue weighted by atomic mass is 9.99. The molecule has 4 rings (SSSR count). The third-order valence-electron chi connectivity index (χ3n) is 5.97. The summed E-state index contributed by atoms with van der Waals surface area (Å²) in [6, 6.07) is 13.0. The maximum absolute atomic E-state index is 10.4. The molecular weight excluding hydrogens is 428 g/mol. The lowest BCUT2D eigenvalue weighted by Crippen LogP contribution is -2.60. The quantitative estimate of drug-likeness (QED) is 0.357. The van der Waals surface area contributed by atoms with E-state index in [1.807, 2.05) is 48.9 Å². The van der Waals surface area contributed by atoms with Gasteiger partial charge in [0.25, 0.3) is 0 Å². The molecule has 2 heterocycles. The molecule has 1 fully saturated rings. The second kappa shape index (κ2) is 9.66. The molecule has 178 valence electrons. The summed E-state index contributed by atoms with van der Waals surface area (Å²) >= 11 is 0. The number of fused-ring (bicyclic) bond motifs is 1. The Kier molecular flexibility index (Phi) is 6.87.